The number of carbonyl (C=O) groups is 3. The Morgan fingerprint density at radius 1 is 1.08 bits per heavy atom. The summed E-state index contributed by atoms with van der Waals surface area (Å²) < 4.78 is 6.74. The molecule has 2 N–H and O–H groups in total. The number of hydrogen-bond donors (Lipinski definition) is 2. The Labute approximate surface area is 279 Å². The van der Waals surface area contributed by atoms with Gasteiger partial charge < -0.3 is 29.3 Å². The smallest absolute Gasteiger partial charge is 0.269 e. The monoisotopic (exact) mass is 672 g/mol. The van der Waals surface area contributed by atoms with Crippen LogP contribution >= 0.6 is 0 Å². The van der Waals surface area contributed by atoms with Crippen LogP contribution in [-0.2, 0) is 37.8 Å². The fraction of sp³-hybridized carbons (Fsp3) is 0.400. The van der Waals surface area contributed by atoms with E-state index < -0.39 is 42.3 Å². The zero-order chi connectivity index (χ0) is 34.4. The minimum Gasteiger partial charge on any atom is -0.432 e. The summed E-state index contributed by atoms with van der Waals surface area (Å²) in [6.45, 7) is 6.24. The number of benzene rings is 3. The van der Waals surface area contributed by atoms with Gasteiger partial charge >= 0.3 is 0 Å². The number of anilines is 2. The largest absolute Gasteiger partial charge is 0.432 e. The Balaban J connectivity index is 1.35. The topological polar surface area (TPSA) is 154 Å². The van der Waals surface area contributed by atoms with E-state index in [1.807, 2.05) is 61.5 Å². The van der Waals surface area contributed by atoms with E-state index in [-0.39, 0.29) is 50.2 Å². The molecule has 0 aromatic heterocycles. The minimum atomic E-state index is -3.12. The van der Waals surface area contributed by atoms with Crippen molar-refractivity contribution in [2.24, 2.45) is 5.92 Å². The Bertz CT molecular complexity index is 1730. The molecule has 1 spiro atoms. The summed E-state index contributed by atoms with van der Waals surface area (Å²) in [6.07, 6.45) is -0.490. The average Bonchev–Trinajstić information content (AvgIpc) is 3.47. The van der Waals surface area contributed by atoms with Gasteiger partial charge in [-0.05, 0) is 42.4 Å². The van der Waals surface area contributed by atoms with Gasteiger partial charge in [-0.25, -0.2) is 0 Å². The molecule has 3 aromatic carbocycles. The number of amides is 3. The van der Waals surface area contributed by atoms with Gasteiger partial charge in [-0.2, -0.15) is 0 Å². The number of ether oxygens (including phenoxy) is 1. The second-order valence-corrected chi connectivity index (χ2v) is 17.4. The lowest BCUT2D eigenvalue weighted by Crippen LogP contribution is -2.46. The van der Waals surface area contributed by atoms with Gasteiger partial charge in [0, 0.05) is 60.9 Å². The van der Waals surface area contributed by atoms with E-state index in [4.69, 9.17) is 4.74 Å². The molecule has 2 fully saturated rings. The van der Waals surface area contributed by atoms with Crippen molar-refractivity contribution in [1.82, 2.24) is 4.90 Å². The number of β-lactam (4-membered cyclic amide) rings is 1. The third kappa shape index (κ3) is 5.91. The Hall–Kier alpha value is -4.43. The predicted octanol–water partition coefficient (Wildman–Crippen LogP) is 4.09. The van der Waals surface area contributed by atoms with Gasteiger partial charge in [-0.15, -0.1) is 0 Å². The van der Waals surface area contributed by atoms with Crippen LogP contribution in [0.15, 0.2) is 72.8 Å². The van der Waals surface area contributed by atoms with Crippen LogP contribution in [0.5, 0.6) is 0 Å². The number of rotatable bonds is 11. The molecule has 0 bridgehead atoms. The van der Waals surface area contributed by atoms with E-state index in [9.17, 15) is 34.4 Å². The second kappa shape index (κ2) is 12.9. The molecule has 252 valence electrons. The summed E-state index contributed by atoms with van der Waals surface area (Å²) in [5.74, 6) is -1.28. The van der Waals surface area contributed by atoms with Crippen LogP contribution in [0.1, 0.15) is 36.5 Å². The molecule has 6 rings (SSSR count). The van der Waals surface area contributed by atoms with Crippen LogP contribution in [-0.4, -0.2) is 71.6 Å². The van der Waals surface area contributed by atoms with Gasteiger partial charge in [0.05, 0.1) is 36.3 Å². The first-order chi connectivity index (χ1) is 22.8. The minimum absolute atomic E-state index is 0.0554. The fourth-order valence-corrected chi connectivity index (χ4v) is 10.2. The number of nitro benzene ring substituents is 1. The highest BCUT2D eigenvalue weighted by molar-refractivity contribution is 6.71. The number of nitrogens with zero attached hydrogens (tertiary/aromatic N) is 4. The van der Waals surface area contributed by atoms with Gasteiger partial charge in [-0.1, -0.05) is 49.4 Å². The molecule has 3 aliphatic heterocycles. The van der Waals surface area contributed by atoms with Gasteiger partial charge in [0.15, 0.2) is 13.9 Å². The third-order valence-electron chi connectivity index (χ3n) is 9.93. The molecule has 3 amide bonds. The van der Waals surface area contributed by atoms with Crippen LogP contribution in [0.2, 0.25) is 18.6 Å². The Morgan fingerprint density at radius 3 is 2.38 bits per heavy atom. The third-order valence-corrected chi connectivity index (χ3v) is 12.4. The zero-order valence-electron chi connectivity index (χ0n) is 27.2. The SMILES string of the molecule is C[C@@H]1[C@@H]([Si](C)(C)O)[C@H](CC(=O)N(CCO)Cc2ccccc2)O[C@@]12C(=O)N(Cc1ccc(N3CCC3=O)cc1)c1ccc([N+](=O)[O-])cc12. The highest BCUT2D eigenvalue weighted by Gasteiger charge is 2.66. The van der Waals surface area contributed by atoms with Crippen molar-refractivity contribution in [2.45, 2.75) is 63.2 Å². The molecule has 3 aromatic rings. The van der Waals surface area contributed by atoms with E-state index in [0.29, 0.717) is 24.2 Å². The summed E-state index contributed by atoms with van der Waals surface area (Å²) in [4.78, 5) is 68.3. The van der Waals surface area contributed by atoms with E-state index in [2.05, 4.69) is 0 Å². The van der Waals surface area contributed by atoms with Crippen LogP contribution in [0.25, 0.3) is 0 Å². The number of non-ortho nitro benzene ring substituents is 1. The molecule has 13 heteroatoms. The van der Waals surface area contributed by atoms with Crippen LogP contribution in [0.3, 0.4) is 0 Å². The molecule has 2 saturated heterocycles. The van der Waals surface area contributed by atoms with Crippen molar-refractivity contribution < 1.29 is 33.9 Å². The number of carbonyl (C=O) groups excluding carboxylic acids is 3. The van der Waals surface area contributed by atoms with E-state index in [1.165, 1.54) is 17.0 Å². The molecular weight excluding hydrogens is 632 g/mol. The van der Waals surface area contributed by atoms with E-state index in [0.717, 1.165) is 16.8 Å². The Kier molecular flexibility index (Phi) is 8.98. The second-order valence-electron chi connectivity index (χ2n) is 13.4. The van der Waals surface area contributed by atoms with Crippen molar-refractivity contribution in [3.8, 4) is 0 Å². The van der Waals surface area contributed by atoms with E-state index >= 15 is 0 Å². The standard InChI is InChI=1S/C35H40N4O8Si/c1-23-33(48(2,3)46)30(20-32(42)36(17-18-40)21-24-7-5-4-6-8-24)47-35(23)28-19-27(39(44)45)13-14-29(28)38(34(35)43)22-25-9-11-26(12-10-25)37-16-15-31(37)41/h4-14,19,23,30,33,40,46H,15-18,20-22H2,1-3H3/t23-,30+,33-,35+/m1/s1. The van der Waals surface area contributed by atoms with Gasteiger partial charge in [0.1, 0.15) is 0 Å². The first kappa shape index (κ1) is 33.5. The number of aliphatic hydroxyl groups is 1. The summed E-state index contributed by atoms with van der Waals surface area (Å²) in [7, 11) is -3.12. The quantitative estimate of drug-likeness (QED) is 0.134. The van der Waals surface area contributed by atoms with Crippen molar-refractivity contribution in [2.75, 3.05) is 29.5 Å². The van der Waals surface area contributed by atoms with Gasteiger partial charge in [-0.3, -0.25) is 24.5 Å². The van der Waals surface area contributed by atoms with Crippen LogP contribution in [0, 0.1) is 16.0 Å². The summed E-state index contributed by atoms with van der Waals surface area (Å²) >= 11 is 0. The first-order valence-corrected chi connectivity index (χ1v) is 19.2. The summed E-state index contributed by atoms with van der Waals surface area (Å²) in [5, 5.41) is 21.7. The predicted molar refractivity (Wildman–Crippen MR) is 180 cm³/mol. The molecule has 0 unspecified atom stereocenters. The molecule has 4 atom stereocenters. The van der Waals surface area contributed by atoms with Gasteiger partial charge in [0.2, 0.25) is 11.8 Å². The number of hydrogen-bond acceptors (Lipinski definition) is 8. The molecule has 3 heterocycles. The highest BCUT2D eigenvalue weighted by atomic mass is 28.4. The lowest BCUT2D eigenvalue weighted by atomic mass is 9.82. The normalized spacial score (nSPS) is 23.4. The maximum absolute atomic E-state index is 14.7. The lowest BCUT2D eigenvalue weighted by molar-refractivity contribution is -0.385. The van der Waals surface area contributed by atoms with Crippen molar-refractivity contribution in [3.63, 3.8) is 0 Å². The Morgan fingerprint density at radius 2 is 1.79 bits per heavy atom. The molecule has 0 radical (unpaired) electrons. The zero-order valence-corrected chi connectivity index (χ0v) is 28.2. The molecule has 48 heavy (non-hydrogen) atoms. The van der Waals surface area contributed by atoms with Crippen LogP contribution < -0.4 is 9.80 Å². The summed E-state index contributed by atoms with van der Waals surface area (Å²) in [5.41, 5.74) is 0.811. The average molecular weight is 673 g/mol. The number of aliphatic hydroxyl groups excluding tert-OH is 1. The van der Waals surface area contributed by atoms with Crippen molar-refractivity contribution in [1.29, 1.82) is 0 Å². The first-order valence-electron chi connectivity index (χ1n) is 16.2. The number of fused-ring (bicyclic) bond motifs is 2. The van der Waals surface area contributed by atoms with Crippen molar-refractivity contribution in [3.05, 3.63) is 99.6 Å². The lowest BCUT2D eigenvalue weighted by Gasteiger charge is -2.32. The van der Waals surface area contributed by atoms with Gasteiger partial charge in [0.25, 0.3) is 11.6 Å². The molecule has 12 nitrogen and oxygen atoms in total. The maximum Gasteiger partial charge on any atom is 0.269 e. The molecule has 0 aliphatic carbocycles. The molecule has 0 saturated carbocycles. The fourth-order valence-electron chi connectivity index (χ4n) is 7.61. The number of nitro groups is 1. The van der Waals surface area contributed by atoms with Crippen LogP contribution in [0.4, 0.5) is 17.1 Å². The highest BCUT2D eigenvalue weighted by Crippen LogP contribution is 2.60. The van der Waals surface area contributed by atoms with E-state index in [1.54, 1.807) is 29.0 Å². The summed E-state index contributed by atoms with van der Waals surface area (Å²) in [6, 6.07) is 21.0. The van der Waals surface area contributed by atoms with Crippen molar-refractivity contribution >= 4 is 43.1 Å². The molecule has 3 aliphatic rings. The molecular formula is C35H40N4O8Si. The maximum atomic E-state index is 14.7.